The topological polar surface area (TPSA) is 108 Å². The number of aromatic nitrogens is 5. The smallest absolute Gasteiger partial charge is 0.270 e. The maximum atomic E-state index is 12.2. The van der Waals surface area contributed by atoms with Crippen molar-refractivity contribution in [2.45, 2.75) is 6.54 Å². The van der Waals surface area contributed by atoms with Gasteiger partial charge in [-0.25, -0.2) is 4.98 Å². The maximum Gasteiger partial charge on any atom is 0.270 e. The van der Waals surface area contributed by atoms with Crippen LogP contribution in [0.25, 0.3) is 10.8 Å². The van der Waals surface area contributed by atoms with Crippen LogP contribution in [-0.2, 0) is 6.54 Å². The Morgan fingerprint density at radius 1 is 1.33 bits per heavy atom. The number of amides is 1. The number of hydrogen-bond acceptors (Lipinski definition) is 6. The Labute approximate surface area is 120 Å². The number of carbonyl (C=O) groups is 1. The monoisotopic (exact) mass is 283 g/mol. The van der Waals surface area contributed by atoms with Crippen molar-refractivity contribution in [3.8, 4) is 0 Å². The number of fused-ring (bicyclic) bond motifs is 1. The molecular weight excluding hydrogens is 270 g/mol. The minimum absolute atomic E-state index is 0.193. The highest BCUT2D eigenvalue weighted by atomic mass is 16.1. The number of anilines is 1. The second-order valence-corrected chi connectivity index (χ2v) is 4.34. The molecule has 0 saturated heterocycles. The van der Waals surface area contributed by atoms with Gasteiger partial charge in [-0.15, -0.1) is 10.2 Å². The van der Waals surface area contributed by atoms with E-state index in [0.29, 0.717) is 17.3 Å². The molecular formula is C13H13N7O. The van der Waals surface area contributed by atoms with Gasteiger partial charge in [-0.05, 0) is 11.5 Å². The molecule has 0 saturated carbocycles. The molecule has 0 aliphatic rings. The van der Waals surface area contributed by atoms with Crippen LogP contribution in [0.2, 0.25) is 0 Å². The number of nitrogens with zero attached hydrogens (tertiary/aromatic N) is 4. The van der Waals surface area contributed by atoms with E-state index >= 15 is 0 Å². The Bertz CT molecular complexity index is 769. The van der Waals surface area contributed by atoms with E-state index in [4.69, 9.17) is 0 Å². The van der Waals surface area contributed by atoms with Gasteiger partial charge in [0.1, 0.15) is 11.5 Å². The molecule has 0 aliphatic carbocycles. The highest BCUT2D eigenvalue weighted by Crippen LogP contribution is 2.22. The molecule has 0 aliphatic heterocycles. The molecule has 0 unspecified atom stereocenters. The average molecular weight is 283 g/mol. The van der Waals surface area contributed by atoms with Crippen molar-refractivity contribution in [2.75, 3.05) is 12.4 Å². The standard InChI is InChI=1S/C13H13N7O/c1-14-12-9-5-3-2-4-8(9)6-10(16-12)13(21)15-7-11-17-19-20-18-11/h2-6H,7H2,1H3,(H,14,16)(H,15,21)(H,17,18,19,20). The largest absolute Gasteiger partial charge is 0.373 e. The molecule has 1 aromatic carbocycles. The van der Waals surface area contributed by atoms with E-state index in [9.17, 15) is 4.79 Å². The van der Waals surface area contributed by atoms with E-state index in [-0.39, 0.29) is 12.5 Å². The van der Waals surface area contributed by atoms with Crippen LogP contribution >= 0.6 is 0 Å². The Balaban J connectivity index is 1.87. The highest BCUT2D eigenvalue weighted by molar-refractivity contribution is 6.00. The van der Waals surface area contributed by atoms with Crippen molar-refractivity contribution in [1.82, 2.24) is 30.9 Å². The Morgan fingerprint density at radius 3 is 2.95 bits per heavy atom. The number of benzene rings is 1. The van der Waals surface area contributed by atoms with Gasteiger partial charge in [0.15, 0.2) is 5.82 Å². The molecule has 0 radical (unpaired) electrons. The molecule has 3 rings (SSSR count). The fourth-order valence-corrected chi connectivity index (χ4v) is 2.01. The van der Waals surface area contributed by atoms with Crippen molar-refractivity contribution in [3.63, 3.8) is 0 Å². The first-order valence-corrected chi connectivity index (χ1v) is 6.36. The zero-order valence-corrected chi connectivity index (χ0v) is 11.3. The molecule has 8 heteroatoms. The van der Waals surface area contributed by atoms with E-state index in [2.05, 4.69) is 36.2 Å². The van der Waals surface area contributed by atoms with Crippen LogP contribution in [0.3, 0.4) is 0 Å². The van der Waals surface area contributed by atoms with Gasteiger partial charge in [0.2, 0.25) is 0 Å². The summed E-state index contributed by atoms with van der Waals surface area (Å²) in [5.41, 5.74) is 0.335. The number of nitrogens with one attached hydrogen (secondary N) is 3. The van der Waals surface area contributed by atoms with Crippen molar-refractivity contribution in [1.29, 1.82) is 0 Å². The number of aromatic amines is 1. The third kappa shape index (κ3) is 2.64. The van der Waals surface area contributed by atoms with Gasteiger partial charge in [0.05, 0.1) is 6.54 Å². The number of tetrazole rings is 1. The second kappa shape index (κ2) is 5.53. The van der Waals surface area contributed by atoms with Gasteiger partial charge in [-0.1, -0.05) is 29.5 Å². The minimum Gasteiger partial charge on any atom is -0.373 e. The van der Waals surface area contributed by atoms with Crippen molar-refractivity contribution < 1.29 is 4.79 Å². The minimum atomic E-state index is -0.290. The van der Waals surface area contributed by atoms with Crippen LogP contribution in [0.4, 0.5) is 5.82 Å². The molecule has 21 heavy (non-hydrogen) atoms. The van der Waals surface area contributed by atoms with Crippen LogP contribution in [0.5, 0.6) is 0 Å². The van der Waals surface area contributed by atoms with E-state index in [1.165, 1.54) is 0 Å². The zero-order chi connectivity index (χ0) is 14.7. The summed E-state index contributed by atoms with van der Waals surface area (Å²) in [6.07, 6.45) is 0. The summed E-state index contributed by atoms with van der Waals surface area (Å²) in [7, 11) is 1.77. The summed E-state index contributed by atoms with van der Waals surface area (Å²) >= 11 is 0. The molecule has 0 atom stereocenters. The lowest BCUT2D eigenvalue weighted by Gasteiger charge is -2.08. The quantitative estimate of drug-likeness (QED) is 0.651. The lowest BCUT2D eigenvalue weighted by atomic mass is 10.1. The summed E-state index contributed by atoms with van der Waals surface area (Å²) in [6, 6.07) is 9.49. The summed E-state index contributed by atoms with van der Waals surface area (Å²) in [5, 5.41) is 20.9. The molecule has 8 nitrogen and oxygen atoms in total. The van der Waals surface area contributed by atoms with Gasteiger partial charge >= 0.3 is 0 Å². The van der Waals surface area contributed by atoms with Gasteiger partial charge in [0.25, 0.3) is 5.91 Å². The predicted octanol–water partition coefficient (Wildman–Crippen LogP) is 0.720. The summed E-state index contributed by atoms with van der Waals surface area (Å²) in [4.78, 5) is 16.5. The van der Waals surface area contributed by atoms with Crippen LogP contribution in [0.15, 0.2) is 30.3 Å². The molecule has 1 amide bonds. The van der Waals surface area contributed by atoms with Gasteiger partial charge in [0, 0.05) is 12.4 Å². The summed E-state index contributed by atoms with van der Waals surface area (Å²) < 4.78 is 0. The number of rotatable bonds is 4. The third-order valence-corrected chi connectivity index (χ3v) is 3.01. The zero-order valence-electron chi connectivity index (χ0n) is 11.3. The van der Waals surface area contributed by atoms with E-state index in [0.717, 1.165) is 10.8 Å². The Morgan fingerprint density at radius 2 is 2.19 bits per heavy atom. The van der Waals surface area contributed by atoms with E-state index in [1.54, 1.807) is 13.1 Å². The molecule has 0 spiro atoms. The Kier molecular flexibility index (Phi) is 3.42. The molecule has 106 valence electrons. The first kappa shape index (κ1) is 13.0. The molecule has 3 aromatic rings. The fourth-order valence-electron chi connectivity index (χ4n) is 2.01. The van der Waals surface area contributed by atoms with Crippen molar-refractivity contribution in [3.05, 3.63) is 41.9 Å². The molecule has 0 fully saturated rings. The van der Waals surface area contributed by atoms with E-state index in [1.807, 2.05) is 24.3 Å². The molecule has 0 bridgehead atoms. The lowest BCUT2D eigenvalue weighted by molar-refractivity contribution is 0.0945. The van der Waals surface area contributed by atoms with Crippen molar-refractivity contribution in [2.24, 2.45) is 0 Å². The molecule has 2 aromatic heterocycles. The van der Waals surface area contributed by atoms with Crippen LogP contribution < -0.4 is 10.6 Å². The maximum absolute atomic E-state index is 12.2. The Hall–Kier alpha value is -3.03. The average Bonchev–Trinajstić information content (AvgIpc) is 3.04. The number of hydrogen-bond donors (Lipinski definition) is 3. The van der Waals surface area contributed by atoms with Crippen LogP contribution in [0, 0.1) is 0 Å². The summed E-state index contributed by atoms with van der Waals surface area (Å²) in [5.74, 6) is 0.790. The van der Waals surface area contributed by atoms with Gasteiger partial charge < -0.3 is 10.6 Å². The van der Waals surface area contributed by atoms with Crippen molar-refractivity contribution >= 4 is 22.5 Å². The highest BCUT2D eigenvalue weighted by Gasteiger charge is 2.12. The van der Waals surface area contributed by atoms with Crippen LogP contribution in [-0.4, -0.2) is 38.6 Å². The third-order valence-electron chi connectivity index (χ3n) is 3.01. The lowest BCUT2D eigenvalue weighted by Crippen LogP contribution is -2.24. The molecule has 3 N–H and O–H groups in total. The predicted molar refractivity (Wildman–Crippen MR) is 76.6 cm³/mol. The summed E-state index contributed by atoms with van der Waals surface area (Å²) in [6.45, 7) is 0.193. The SMILES string of the molecule is CNc1nc(C(=O)NCc2nn[nH]n2)cc2ccccc12. The number of carbonyl (C=O) groups excluding carboxylic acids is 1. The van der Waals surface area contributed by atoms with Gasteiger partial charge in [-0.3, -0.25) is 4.79 Å². The van der Waals surface area contributed by atoms with Gasteiger partial charge in [-0.2, -0.15) is 5.21 Å². The van der Waals surface area contributed by atoms with E-state index < -0.39 is 0 Å². The number of H-pyrrole nitrogens is 1. The first-order chi connectivity index (χ1) is 10.3. The van der Waals surface area contributed by atoms with Crippen LogP contribution in [0.1, 0.15) is 16.3 Å². The normalized spacial score (nSPS) is 10.5. The fraction of sp³-hybridized carbons (Fsp3) is 0.154. The first-order valence-electron chi connectivity index (χ1n) is 6.36. The second-order valence-electron chi connectivity index (χ2n) is 4.34. The number of pyridine rings is 1. The molecule has 2 heterocycles.